The molecule has 6 rings (SSSR count). The molecule has 35 heavy (non-hydrogen) atoms. The fourth-order valence-electron chi connectivity index (χ4n) is 9.11. The van der Waals surface area contributed by atoms with Gasteiger partial charge in [-0.15, -0.1) is 0 Å². The number of carbonyl (C=O) groups is 1. The maximum absolute atomic E-state index is 13.5. The predicted octanol–water partition coefficient (Wildman–Crippen LogP) is 6.68. The minimum atomic E-state index is -2.17. The summed E-state index contributed by atoms with van der Waals surface area (Å²) in [4.78, 5) is 15.0. The quantitative estimate of drug-likeness (QED) is 0.483. The van der Waals surface area contributed by atoms with Crippen LogP contribution in [0.15, 0.2) is 18.2 Å². The molecule has 0 radical (unpaired) electrons. The number of rotatable bonds is 4. The van der Waals surface area contributed by atoms with Gasteiger partial charge >= 0.3 is 0 Å². The zero-order valence-electron chi connectivity index (χ0n) is 20.5. The van der Waals surface area contributed by atoms with E-state index < -0.39 is 12.3 Å². The van der Waals surface area contributed by atoms with Crippen molar-refractivity contribution in [2.24, 2.45) is 46.8 Å². The molecule has 1 heterocycles. The van der Waals surface area contributed by atoms with E-state index in [4.69, 9.17) is 0 Å². The summed E-state index contributed by atoms with van der Waals surface area (Å²) in [7, 11) is 0. The first-order valence-corrected chi connectivity index (χ1v) is 13.6. The summed E-state index contributed by atoms with van der Waals surface area (Å²) >= 11 is 0. The molecule has 4 saturated carbocycles. The molecular formula is C28H36F3N3O. The second kappa shape index (κ2) is 8.88. The Morgan fingerprint density at radius 1 is 1.03 bits per heavy atom. The van der Waals surface area contributed by atoms with Crippen LogP contribution < -0.4 is 0 Å². The molecule has 1 aromatic carbocycles. The van der Waals surface area contributed by atoms with Gasteiger partial charge in [-0.3, -0.25) is 4.79 Å². The van der Waals surface area contributed by atoms with Crippen LogP contribution in [0.25, 0.3) is 11.0 Å². The van der Waals surface area contributed by atoms with Crippen molar-refractivity contribution in [1.82, 2.24) is 15.0 Å². The molecule has 0 amide bonds. The molecule has 4 aliphatic rings. The molecule has 0 spiro atoms. The fraction of sp³-hybridized carbons (Fsp3) is 0.750. The van der Waals surface area contributed by atoms with Gasteiger partial charge in [0.1, 0.15) is 23.4 Å². The van der Waals surface area contributed by atoms with E-state index in [9.17, 15) is 18.0 Å². The van der Waals surface area contributed by atoms with Gasteiger partial charge in [0.25, 0.3) is 0 Å². The van der Waals surface area contributed by atoms with Gasteiger partial charge in [-0.2, -0.15) is 15.0 Å². The van der Waals surface area contributed by atoms with E-state index >= 15 is 0 Å². The van der Waals surface area contributed by atoms with E-state index in [0.717, 1.165) is 44.9 Å². The van der Waals surface area contributed by atoms with E-state index in [1.807, 2.05) is 0 Å². The van der Waals surface area contributed by atoms with Crippen molar-refractivity contribution in [1.29, 1.82) is 0 Å². The second-order valence-corrected chi connectivity index (χ2v) is 12.2. The van der Waals surface area contributed by atoms with Crippen LogP contribution in [0.3, 0.4) is 0 Å². The number of halogens is 3. The van der Waals surface area contributed by atoms with Gasteiger partial charge in [0.05, 0.1) is 0 Å². The lowest BCUT2D eigenvalue weighted by Crippen LogP contribution is -2.46. The van der Waals surface area contributed by atoms with Crippen molar-refractivity contribution in [3.05, 3.63) is 24.0 Å². The van der Waals surface area contributed by atoms with Gasteiger partial charge in [-0.25, -0.2) is 13.2 Å². The first kappa shape index (κ1) is 23.5. The van der Waals surface area contributed by atoms with Crippen LogP contribution >= 0.6 is 0 Å². The van der Waals surface area contributed by atoms with Gasteiger partial charge < -0.3 is 0 Å². The third kappa shape index (κ3) is 4.01. The van der Waals surface area contributed by atoms with E-state index in [0.29, 0.717) is 53.5 Å². The van der Waals surface area contributed by atoms with E-state index in [1.165, 1.54) is 23.4 Å². The largest absolute Gasteiger partial charge is 0.297 e. The van der Waals surface area contributed by atoms with Crippen LogP contribution in [-0.4, -0.2) is 27.2 Å². The fourth-order valence-corrected chi connectivity index (χ4v) is 9.11. The highest BCUT2D eigenvalue weighted by Crippen LogP contribution is 2.63. The number of Topliss-reactive ketones (excluding diaryl/α,β-unsaturated/α-hetero) is 1. The van der Waals surface area contributed by atoms with Crippen molar-refractivity contribution in [3.8, 4) is 0 Å². The van der Waals surface area contributed by atoms with Crippen LogP contribution in [0.5, 0.6) is 0 Å². The average Bonchev–Trinajstić information content (AvgIpc) is 3.32. The molecule has 4 nitrogen and oxygen atoms in total. The van der Waals surface area contributed by atoms with E-state index in [1.54, 1.807) is 6.07 Å². The van der Waals surface area contributed by atoms with Gasteiger partial charge in [-0.1, -0.05) is 19.8 Å². The molecule has 0 unspecified atom stereocenters. The van der Waals surface area contributed by atoms with Crippen LogP contribution in [0.4, 0.5) is 13.2 Å². The van der Waals surface area contributed by atoms with Crippen LogP contribution in [0.1, 0.15) is 71.1 Å². The lowest BCUT2D eigenvalue weighted by atomic mass is 9.53. The predicted molar refractivity (Wildman–Crippen MR) is 127 cm³/mol. The monoisotopic (exact) mass is 487 g/mol. The molecule has 4 aliphatic carbocycles. The highest BCUT2D eigenvalue weighted by atomic mass is 19.3. The van der Waals surface area contributed by atoms with Gasteiger partial charge in [0.15, 0.2) is 5.78 Å². The van der Waals surface area contributed by atoms with E-state index in [2.05, 4.69) is 17.1 Å². The van der Waals surface area contributed by atoms with Crippen molar-refractivity contribution in [2.75, 3.05) is 0 Å². The average molecular weight is 488 g/mol. The molecule has 0 aliphatic heterocycles. The van der Waals surface area contributed by atoms with Crippen LogP contribution in [-0.2, 0) is 11.3 Å². The van der Waals surface area contributed by atoms with Crippen molar-refractivity contribution < 1.29 is 18.0 Å². The molecule has 2 aromatic rings. The summed E-state index contributed by atoms with van der Waals surface area (Å²) in [6.07, 6.45) is 7.81. The number of ketones is 1. The summed E-state index contributed by atoms with van der Waals surface area (Å²) in [5.74, 6) is 2.31. The SMILES string of the molecule is C[C@]12CC[C@H]3[C@@H](CCC[C@H]4C[C@@H](C(F)F)CC[C@@H]43)[C@@H]1CC[C@@H]2C(=O)Cn1nc2ccc(F)cc2n1. The highest BCUT2D eigenvalue weighted by Gasteiger charge is 2.57. The number of hydrogen-bond donors (Lipinski definition) is 0. The Labute approximate surface area is 205 Å². The van der Waals surface area contributed by atoms with Crippen molar-refractivity contribution in [3.63, 3.8) is 0 Å². The molecule has 0 saturated heterocycles. The molecule has 4 fully saturated rings. The Bertz CT molecular complexity index is 1100. The summed E-state index contributed by atoms with van der Waals surface area (Å²) in [5.41, 5.74) is 1.07. The Morgan fingerprint density at radius 2 is 1.86 bits per heavy atom. The number of hydrogen-bond acceptors (Lipinski definition) is 3. The third-order valence-corrected chi connectivity index (χ3v) is 10.7. The van der Waals surface area contributed by atoms with Crippen LogP contribution in [0.2, 0.25) is 0 Å². The first-order chi connectivity index (χ1) is 16.8. The third-order valence-electron chi connectivity index (χ3n) is 10.7. The number of aromatic nitrogens is 3. The normalized spacial score (nSPS) is 39.2. The Hall–Kier alpha value is -1.92. The molecule has 8 atom stereocenters. The van der Waals surface area contributed by atoms with E-state index in [-0.39, 0.29) is 29.5 Å². The molecule has 0 bridgehead atoms. The molecule has 0 N–H and O–H groups in total. The zero-order valence-corrected chi connectivity index (χ0v) is 20.5. The standard InChI is InChI=1S/C28H36F3N3O/c1-28-12-11-20-19-7-5-17(27(30)31)13-16(19)3-2-4-21(20)22(28)8-9-23(28)26(35)15-34-32-24-10-6-18(29)14-25(24)33-34/h6,10,14,16-17,19-23,27H,2-5,7-9,11-13,15H2,1H3/t16-,17-,19-,20+,21+,22-,23+,28-/m0/s1. The number of carbonyl (C=O) groups excluding carboxylic acids is 1. The van der Waals surface area contributed by atoms with Gasteiger partial charge in [-0.05, 0) is 98.5 Å². The second-order valence-electron chi connectivity index (χ2n) is 12.2. The molecule has 7 heteroatoms. The lowest BCUT2D eigenvalue weighted by Gasteiger charge is -2.51. The van der Waals surface area contributed by atoms with Crippen molar-refractivity contribution >= 4 is 16.8 Å². The van der Waals surface area contributed by atoms with Crippen LogP contribution in [0, 0.1) is 52.7 Å². The minimum absolute atomic E-state index is 0.00303. The molecule has 1 aromatic heterocycles. The number of alkyl halides is 2. The Balaban J connectivity index is 1.18. The smallest absolute Gasteiger partial charge is 0.241 e. The topological polar surface area (TPSA) is 47.8 Å². The van der Waals surface area contributed by atoms with Crippen molar-refractivity contribution in [2.45, 2.75) is 84.1 Å². The minimum Gasteiger partial charge on any atom is -0.297 e. The van der Waals surface area contributed by atoms with Gasteiger partial charge in [0.2, 0.25) is 6.43 Å². The number of fused-ring (bicyclic) bond motifs is 6. The van der Waals surface area contributed by atoms with Gasteiger partial charge in [0, 0.05) is 17.9 Å². The first-order valence-electron chi connectivity index (χ1n) is 13.6. The molecule has 190 valence electrons. The Kier molecular flexibility index (Phi) is 5.96. The zero-order chi connectivity index (χ0) is 24.3. The summed E-state index contributed by atoms with van der Waals surface area (Å²) in [6.45, 7) is 2.47. The maximum Gasteiger partial charge on any atom is 0.241 e. The Morgan fingerprint density at radius 3 is 2.69 bits per heavy atom. The maximum atomic E-state index is 13.5. The number of nitrogens with zero attached hydrogens (tertiary/aromatic N) is 3. The summed E-state index contributed by atoms with van der Waals surface area (Å²) in [5, 5.41) is 8.74. The summed E-state index contributed by atoms with van der Waals surface area (Å²) < 4.78 is 40.4. The number of benzene rings is 1. The highest BCUT2D eigenvalue weighted by molar-refractivity contribution is 5.82. The lowest BCUT2D eigenvalue weighted by molar-refractivity contribution is -0.130. The summed E-state index contributed by atoms with van der Waals surface area (Å²) in [6, 6.07) is 4.31. The molecular weight excluding hydrogens is 451 g/mol.